The van der Waals surface area contributed by atoms with E-state index in [9.17, 15) is 4.79 Å². The van der Waals surface area contributed by atoms with E-state index in [2.05, 4.69) is 51.2 Å². The molecule has 1 saturated carbocycles. The third kappa shape index (κ3) is 3.11. The molecule has 0 N–H and O–H groups in total. The summed E-state index contributed by atoms with van der Waals surface area (Å²) >= 11 is 0. The number of hydrogen-bond acceptors (Lipinski definition) is 4. The van der Waals surface area contributed by atoms with Gasteiger partial charge in [0.15, 0.2) is 5.82 Å². The van der Waals surface area contributed by atoms with Gasteiger partial charge in [0, 0.05) is 32.4 Å². The molecule has 130 valence electrons. The summed E-state index contributed by atoms with van der Waals surface area (Å²) in [4.78, 5) is 17.6. The number of aryl methyl sites for hydroxylation is 1. The van der Waals surface area contributed by atoms with Crippen LogP contribution in [0.2, 0.25) is 0 Å². The average molecular weight is 336 g/mol. The lowest BCUT2D eigenvalue weighted by Gasteiger charge is -2.27. The first-order chi connectivity index (χ1) is 12.2. The fourth-order valence-electron chi connectivity index (χ4n) is 3.81. The van der Waals surface area contributed by atoms with Gasteiger partial charge in [0.25, 0.3) is 0 Å². The van der Waals surface area contributed by atoms with Gasteiger partial charge in [-0.2, -0.15) is 5.10 Å². The molecule has 1 aliphatic heterocycles. The summed E-state index contributed by atoms with van der Waals surface area (Å²) in [5, 5.41) is 8.17. The van der Waals surface area contributed by atoms with Crippen molar-refractivity contribution in [1.82, 2.24) is 15.1 Å². The van der Waals surface area contributed by atoms with Gasteiger partial charge in [-0.05, 0) is 43.9 Å². The SMILES string of the molecule is Cc1cccc(C2(C(=O)N3CCCN(c4cccnn4)CC3)CC2)c1. The van der Waals surface area contributed by atoms with Crippen molar-refractivity contribution in [3.05, 3.63) is 53.7 Å². The first-order valence-electron chi connectivity index (χ1n) is 9.08. The Morgan fingerprint density at radius 1 is 1.08 bits per heavy atom. The van der Waals surface area contributed by atoms with E-state index in [4.69, 9.17) is 0 Å². The number of carbonyl (C=O) groups is 1. The van der Waals surface area contributed by atoms with Gasteiger partial charge in [-0.25, -0.2) is 0 Å². The summed E-state index contributed by atoms with van der Waals surface area (Å²) in [6, 6.07) is 12.3. The summed E-state index contributed by atoms with van der Waals surface area (Å²) in [5.74, 6) is 1.20. The predicted molar refractivity (Wildman–Crippen MR) is 97.5 cm³/mol. The Kier molecular flexibility index (Phi) is 4.15. The highest BCUT2D eigenvalue weighted by molar-refractivity contribution is 5.91. The lowest BCUT2D eigenvalue weighted by Crippen LogP contribution is -2.41. The molecule has 5 nitrogen and oxygen atoms in total. The Labute approximate surface area is 148 Å². The molecule has 1 saturated heterocycles. The molecule has 0 atom stereocenters. The molecule has 0 unspecified atom stereocenters. The zero-order valence-electron chi connectivity index (χ0n) is 14.7. The molecule has 1 amide bonds. The quantitative estimate of drug-likeness (QED) is 0.864. The van der Waals surface area contributed by atoms with Crippen molar-refractivity contribution in [2.75, 3.05) is 31.1 Å². The number of anilines is 1. The lowest BCUT2D eigenvalue weighted by molar-refractivity contribution is -0.133. The zero-order chi connectivity index (χ0) is 17.3. The number of amides is 1. The van der Waals surface area contributed by atoms with Gasteiger partial charge >= 0.3 is 0 Å². The van der Waals surface area contributed by atoms with Crippen LogP contribution in [0.4, 0.5) is 5.82 Å². The van der Waals surface area contributed by atoms with Crippen molar-refractivity contribution >= 4 is 11.7 Å². The Morgan fingerprint density at radius 2 is 1.96 bits per heavy atom. The monoisotopic (exact) mass is 336 g/mol. The highest BCUT2D eigenvalue weighted by Crippen LogP contribution is 2.49. The van der Waals surface area contributed by atoms with Crippen LogP contribution in [0, 0.1) is 6.92 Å². The van der Waals surface area contributed by atoms with Crippen LogP contribution >= 0.6 is 0 Å². The fourth-order valence-corrected chi connectivity index (χ4v) is 3.81. The number of rotatable bonds is 3. The molecule has 4 rings (SSSR count). The van der Waals surface area contributed by atoms with Crippen LogP contribution in [0.3, 0.4) is 0 Å². The van der Waals surface area contributed by atoms with Gasteiger partial charge in [0.05, 0.1) is 5.41 Å². The number of nitrogens with zero attached hydrogens (tertiary/aromatic N) is 4. The number of hydrogen-bond donors (Lipinski definition) is 0. The standard InChI is InChI=1S/C20H24N4O/c1-16-5-2-6-17(15-16)20(8-9-20)19(25)24-12-4-11-23(13-14-24)18-7-3-10-21-22-18/h2-3,5-7,10,15H,4,8-9,11-14H2,1H3. The number of carbonyl (C=O) groups excluding carboxylic acids is 1. The van der Waals surface area contributed by atoms with Crippen LogP contribution in [-0.2, 0) is 10.2 Å². The molecular weight excluding hydrogens is 312 g/mol. The molecule has 2 aromatic rings. The lowest BCUT2D eigenvalue weighted by atomic mass is 9.93. The summed E-state index contributed by atoms with van der Waals surface area (Å²) < 4.78 is 0. The minimum absolute atomic E-state index is 0.270. The summed E-state index contributed by atoms with van der Waals surface area (Å²) in [6.45, 7) is 5.40. The Morgan fingerprint density at radius 3 is 2.68 bits per heavy atom. The fraction of sp³-hybridized carbons (Fsp3) is 0.450. The van der Waals surface area contributed by atoms with E-state index in [1.165, 1.54) is 11.1 Å². The van der Waals surface area contributed by atoms with Crippen LogP contribution in [0.5, 0.6) is 0 Å². The zero-order valence-corrected chi connectivity index (χ0v) is 14.7. The normalized spacial score (nSPS) is 19.4. The minimum Gasteiger partial charge on any atom is -0.353 e. The molecule has 2 fully saturated rings. The molecule has 0 radical (unpaired) electrons. The smallest absolute Gasteiger partial charge is 0.233 e. The second-order valence-electron chi connectivity index (χ2n) is 7.17. The van der Waals surface area contributed by atoms with E-state index in [0.29, 0.717) is 5.91 Å². The maximum atomic E-state index is 13.3. The Hall–Kier alpha value is -2.43. The van der Waals surface area contributed by atoms with E-state index >= 15 is 0 Å². The van der Waals surface area contributed by atoms with Crippen molar-refractivity contribution in [3.63, 3.8) is 0 Å². The van der Waals surface area contributed by atoms with E-state index in [1.54, 1.807) is 6.20 Å². The molecule has 1 aliphatic carbocycles. The van der Waals surface area contributed by atoms with Crippen molar-refractivity contribution in [1.29, 1.82) is 0 Å². The van der Waals surface area contributed by atoms with E-state index < -0.39 is 0 Å². The van der Waals surface area contributed by atoms with E-state index in [0.717, 1.165) is 51.3 Å². The number of aromatic nitrogens is 2. The molecule has 5 heteroatoms. The van der Waals surface area contributed by atoms with E-state index in [-0.39, 0.29) is 5.41 Å². The third-order valence-corrected chi connectivity index (χ3v) is 5.40. The second-order valence-corrected chi connectivity index (χ2v) is 7.17. The van der Waals surface area contributed by atoms with Crippen molar-refractivity contribution < 1.29 is 4.79 Å². The van der Waals surface area contributed by atoms with Crippen molar-refractivity contribution in [2.24, 2.45) is 0 Å². The van der Waals surface area contributed by atoms with Crippen LogP contribution in [0.25, 0.3) is 0 Å². The topological polar surface area (TPSA) is 49.3 Å². The first-order valence-corrected chi connectivity index (χ1v) is 9.08. The van der Waals surface area contributed by atoms with Gasteiger partial charge < -0.3 is 9.80 Å². The van der Waals surface area contributed by atoms with Gasteiger partial charge in [0.1, 0.15) is 0 Å². The maximum Gasteiger partial charge on any atom is 0.233 e. The predicted octanol–water partition coefficient (Wildman–Crippen LogP) is 2.56. The Balaban J connectivity index is 1.48. The van der Waals surface area contributed by atoms with Crippen LogP contribution < -0.4 is 4.90 Å². The largest absolute Gasteiger partial charge is 0.353 e. The second kappa shape index (κ2) is 6.47. The van der Waals surface area contributed by atoms with Crippen molar-refractivity contribution in [2.45, 2.75) is 31.6 Å². The molecule has 2 aliphatic rings. The van der Waals surface area contributed by atoms with Gasteiger partial charge in [-0.15, -0.1) is 5.10 Å². The number of benzene rings is 1. The summed E-state index contributed by atoms with van der Waals surface area (Å²) in [6.07, 6.45) is 4.60. The van der Waals surface area contributed by atoms with Crippen LogP contribution in [-0.4, -0.2) is 47.2 Å². The van der Waals surface area contributed by atoms with Crippen LogP contribution in [0.1, 0.15) is 30.4 Å². The van der Waals surface area contributed by atoms with Gasteiger partial charge in [-0.3, -0.25) is 4.79 Å². The van der Waals surface area contributed by atoms with Crippen molar-refractivity contribution in [3.8, 4) is 0 Å². The Bertz CT molecular complexity index is 757. The van der Waals surface area contributed by atoms with Gasteiger partial charge in [-0.1, -0.05) is 29.8 Å². The van der Waals surface area contributed by atoms with E-state index in [1.807, 2.05) is 12.1 Å². The van der Waals surface area contributed by atoms with Gasteiger partial charge in [0.2, 0.25) is 5.91 Å². The van der Waals surface area contributed by atoms with Crippen LogP contribution in [0.15, 0.2) is 42.6 Å². The molecule has 0 bridgehead atoms. The molecule has 1 aromatic carbocycles. The third-order valence-electron chi connectivity index (χ3n) is 5.40. The highest BCUT2D eigenvalue weighted by atomic mass is 16.2. The molecule has 0 spiro atoms. The molecule has 25 heavy (non-hydrogen) atoms. The summed E-state index contributed by atoms with van der Waals surface area (Å²) in [5.41, 5.74) is 2.14. The molecule has 2 heterocycles. The minimum atomic E-state index is -0.270. The average Bonchev–Trinajstić information content (AvgIpc) is 3.46. The highest BCUT2D eigenvalue weighted by Gasteiger charge is 2.53. The maximum absolute atomic E-state index is 13.3. The molecule has 1 aromatic heterocycles. The summed E-state index contributed by atoms with van der Waals surface area (Å²) in [7, 11) is 0. The molecular formula is C20H24N4O. The first kappa shape index (κ1) is 16.1.